The number of halogens is 1. The molecule has 0 N–H and O–H groups in total. The third-order valence-electron chi connectivity index (χ3n) is 2.22. The van der Waals surface area contributed by atoms with Gasteiger partial charge in [-0.3, -0.25) is 4.79 Å². The molecule has 0 atom stereocenters. The van der Waals surface area contributed by atoms with Crippen molar-refractivity contribution in [2.45, 2.75) is 5.03 Å². The van der Waals surface area contributed by atoms with Crippen molar-refractivity contribution in [3.8, 4) is 0 Å². The maximum absolute atomic E-state index is 11.8. The van der Waals surface area contributed by atoms with Gasteiger partial charge < -0.3 is 4.57 Å². The summed E-state index contributed by atoms with van der Waals surface area (Å²) in [4.78, 5) is 16.0. The van der Waals surface area contributed by atoms with Crippen LogP contribution in [-0.2, 0) is 7.05 Å². The number of aryl methyl sites for hydroxylation is 1. The molecule has 0 fully saturated rings. The summed E-state index contributed by atoms with van der Waals surface area (Å²) in [6.45, 7) is 0. The molecule has 0 aliphatic carbocycles. The largest absolute Gasteiger partial charge is 0.357 e. The van der Waals surface area contributed by atoms with Gasteiger partial charge in [-0.05, 0) is 18.2 Å². The first-order valence-corrected chi connectivity index (χ1v) is 6.41. The van der Waals surface area contributed by atoms with Gasteiger partial charge in [-0.2, -0.15) is 0 Å². The third kappa shape index (κ3) is 3.11. The fourth-order valence-electron chi connectivity index (χ4n) is 1.36. The zero-order chi connectivity index (χ0) is 12.3. The van der Waals surface area contributed by atoms with E-state index in [9.17, 15) is 4.79 Å². The van der Waals surface area contributed by atoms with Crippen LogP contribution in [0.15, 0.2) is 41.8 Å². The molecule has 0 saturated heterocycles. The predicted octanol–water partition coefficient (Wildman–Crippen LogP) is 3.05. The van der Waals surface area contributed by atoms with E-state index in [2.05, 4.69) is 4.98 Å². The van der Waals surface area contributed by atoms with Crippen LogP contribution in [0, 0.1) is 0 Å². The number of hydrogen-bond donors (Lipinski definition) is 0. The summed E-state index contributed by atoms with van der Waals surface area (Å²) in [7, 11) is 1.89. The number of rotatable bonds is 4. The minimum absolute atomic E-state index is 0.0809. The summed E-state index contributed by atoms with van der Waals surface area (Å²) in [5, 5.41) is 1.27. The van der Waals surface area contributed by atoms with Crippen molar-refractivity contribution in [2.24, 2.45) is 7.05 Å². The second-order valence-corrected chi connectivity index (χ2v) is 4.94. The first-order valence-electron chi connectivity index (χ1n) is 5.05. The van der Waals surface area contributed by atoms with E-state index < -0.39 is 0 Å². The number of pyridine rings is 1. The monoisotopic (exact) mass is 266 g/mol. The summed E-state index contributed by atoms with van der Waals surface area (Å²) in [6.07, 6.45) is 5.33. The van der Waals surface area contributed by atoms with E-state index in [0.717, 1.165) is 0 Å². The molecule has 0 spiro atoms. The molecular formula is C12H11ClN2OS. The molecule has 2 aromatic heterocycles. The Balaban J connectivity index is 1.99. The SMILES string of the molecule is Cn1ccc(C(=O)CSc2ncccc2Cl)c1. The highest BCUT2D eigenvalue weighted by molar-refractivity contribution is 8.00. The maximum Gasteiger partial charge on any atom is 0.174 e. The molecule has 88 valence electrons. The fraction of sp³-hybridized carbons (Fsp3) is 0.167. The molecule has 17 heavy (non-hydrogen) atoms. The van der Waals surface area contributed by atoms with Crippen LogP contribution in [0.2, 0.25) is 5.02 Å². The number of hydrogen-bond acceptors (Lipinski definition) is 3. The Morgan fingerprint density at radius 2 is 2.35 bits per heavy atom. The molecule has 2 aromatic rings. The van der Waals surface area contributed by atoms with Gasteiger partial charge in [-0.1, -0.05) is 23.4 Å². The molecule has 3 nitrogen and oxygen atoms in total. The van der Waals surface area contributed by atoms with Crippen LogP contribution in [0.5, 0.6) is 0 Å². The minimum Gasteiger partial charge on any atom is -0.357 e. The Hall–Kier alpha value is -1.26. The van der Waals surface area contributed by atoms with Gasteiger partial charge in [0.25, 0.3) is 0 Å². The third-order valence-corrected chi connectivity index (χ3v) is 3.64. The van der Waals surface area contributed by atoms with Crippen molar-refractivity contribution in [1.82, 2.24) is 9.55 Å². The second-order valence-electron chi connectivity index (χ2n) is 3.57. The Labute approximate surface area is 109 Å². The van der Waals surface area contributed by atoms with Crippen molar-refractivity contribution in [3.05, 3.63) is 47.4 Å². The molecule has 2 rings (SSSR count). The summed E-state index contributed by atoms with van der Waals surface area (Å²) in [6, 6.07) is 5.35. The Morgan fingerprint density at radius 3 is 3.00 bits per heavy atom. The average molecular weight is 267 g/mol. The van der Waals surface area contributed by atoms with Gasteiger partial charge in [0.15, 0.2) is 5.78 Å². The summed E-state index contributed by atoms with van der Waals surface area (Å²) < 4.78 is 1.85. The quantitative estimate of drug-likeness (QED) is 0.630. The average Bonchev–Trinajstić information content (AvgIpc) is 2.74. The summed E-state index contributed by atoms with van der Waals surface area (Å²) >= 11 is 7.32. The van der Waals surface area contributed by atoms with Gasteiger partial charge in [0.05, 0.1) is 10.8 Å². The second kappa shape index (κ2) is 5.38. The maximum atomic E-state index is 11.8. The van der Waals surface area contributed by atoms with Crippen LogP contribution in [0.1, 0.15) is 10.4 Å². The smallest absolute Gasteiger partial charge is 0.174 e. The normalized spacial score (nSPS) is 10.5. The highest BCUT2D eigenvalue weighted by Crippen LogP contribution is 2.24. The van der Waals surface area contributed by atoms with Crippen LogP contribution in [0.3, 0.4) is 0 Å². The highest BCUT2D eigenvalue weighted by atomic mass is 35.5. The molecule has 0 unspecified atom stereocenters. The number of carbonyl (C=O) groups is 1. The lowest BCUT2D eigenvalue weighted by Gasteiger charge is -2.01. The van der Waals surface area contributed by atoms with Crippen LogP contribution in [0.25, 0.3) is 0 Å². The molecule has 0 aromatic carbocycles. The van der Waals surface area contributed by atoms with E-state index in [1.807, 2.05) is 30.1 Å². The number of Topliss-reactive ketones (excluding diaryl/α,β-unsaturated/α-hetero) is 1. The topological polar surface area (TPSA) is 34.9 Å². The van der Waals surface area contributed by atoms with E-state index in [0.29, 0.717) is 21.4 Å². The first kappa shape index (κ1) is 12.2. The Bertz CT molecular complexity index is 539. The lowest BCUT2D eigenvalue weighted by Crippen LogP contribution is -2.01. The molecule has 0 aliphatic heterocycles. The van der Waals surface area contributed by atoms with E-state index in [4.69, 9.17) is 11.6 Å². The zero-order valence-electron chi connectivity index (χ0n) is 9.26. The molecule has 0 bridgehead atoms. The van der Waals surface area contributed by atoms with Gasteiger partial charge in [0, 0.05) is 31.2 Å². The number of thioether (sulfide) groups is 1. The van der Waals surface area contributed by atoms with Gasteiger partial charge in [-0.25, -0.2) is 4.98 Å². The van der Waals surface area contributed by atoms with Crippen molar-refractivity contribution in [1.29, 1.82) is 0 Å². The molecular weight excluding hydrogens is 256 g/mol. The van der Waals surface area contributed by atoms with Crippen molar-refractivity contribution >= 4 is 29.1 Å². The fourth-order valence-corrected chi connectivity index (χ4v) is 2.42. The summed E-state index contributed by atoms with van der Waals surface area (Å²) in [5.41, 5.74) is 0.715. The van der Waals surface area contributed by atoms with Crippen LogP contribution < -0.4 is 0 Å². The predicted molar refractivity (Wildman–Crippen MR) is 69.7 cm³/mol. The Morgan fingerprint density at radius 1 is 1.53 bits per heavy atom. The first-order chi connectivity index (χ1) is 8.16. The number of ketones is 1. The molecule has 2 heterocycles. The lowest BCUT2D eigenvalue weighted by atomic mass is 10.2. The van der Waals surface area contributed by atoms with E-state index in [1.54, 1.807) is 18.3 Å². The molecule has 5 heteroatoms. The van der Waals surface area contributed by atoms with Crippen molar-refractivity contribution < 1.29 is 4.79 Å². The van der Waals surface area contributed by atoms with E-state index in [1.165, 1.54) is 11.8 Å². The number of aromatic nitrogens is 2. The molecule has 0 saturated carbocycles. The van der Waals surface area contributed by atoms with Gasteiger partial charge in [0.1, 0.15) is 5.03 Å². The van der Waals surface area contributed by atoms with Crippen LogP contribution >= 0.6 is 23.4 Å². The number of carbonyl (C=O) groups excluding carboxylic acids is 1. The molecule has 0 radical (unpaired) electrons. The van der Waals surface area contributed by atoms with Crippen molar-refractivity contribution in [2.75, 3.05) is 5.75 Å². The van der Waals surface area contributed by atoms with Gasteiger partial charge in [0.2, 0.25) is 0 Å². The zero-order valence-corrected chi connectivity index (χ0v) is 10.8. The highest BCUT2D eigenvalue weighted by Gasteiger charge is 2.09. The van der Waals surface area contributed by atoms with E-state index >= 15 is 0 Å². The van der Waals surface area contributed by atoms with Crippen LogP contribution in [-0.4, -0.2) is 21.1 Å². The van der Waals surface area contributed by atoms with E-state index in [-0.39, 0.29) is 5.78 Å². The van der Waals surface area contributed by atoms with Crippen LogP contribution in [0.4, 0.5) is 0 Å². The Kier molecular flexibility index (Phi) is 3.86. The standard InChI is InChI=1S/C12H11ClN2OS/c1-15-6-4-9(7-15)11(16)8-17-12-10(13)3-2-5-14-12/h2-7H,8H2,1H3. The minimum atomic E-state index is 0.0809. The van der Waals surface area contributed by atoms with Crippen molar-refractivity contribution in [3.63, 3.8) is 0 Å². The van der Waals surface area contributed by atoms with Gasteiger partial charge >= 0.3 is 0 Å². The molecule has 0 amide bonds. The van der Waals surface area contributed by atoms with Gasteiger partial charge in [-0.15, -0.1) is 0 Å². The molecule has 0 aliphatic rings. The lowest BCUT2D eigenvalue weighted by molar-refractivity contribution is 0.102. The number of nitrogens with zero attached hydrogens (tertiary/aromatic N) is 2. The summed E-state index contributed by atoms with van der Waals surface area (Å²) in [5.74, 6) is 0.429.